The lowest BCUT2D eigenvalue weighted by Crippen LogP contribution is -2.48. The number of nitrogens with zero attached hydrogens (tertiary/aromatic N) is 4. The van der Waals surface area contributed by atoms with Crippen molar-refractivity contribution in [3.05, 3.63) is 58.9 Å². The number of hydrogen-bond acceptors (Lipinski definition) is 6. The Kier molecular flexibility index (Phi) is 5.10. The molecule has 1 amide bonds. The van der Waals surface area contributed by atoms with E-state index in [2.05, 4.69) is 32.2 Å². The number of piperazine rings is 1. The molecule has 1 aromatic carbocycles. The van der Waals surface area contributed by atoms with Crippen LogP contribution in [0.2, 0.25) is 0 Å². The lowest BCUT2D eigenvalue weighted by atomic mass is 10.1. The van der Waals surface area contributed by atoms with E-state index in [-0.39, 0.29) is 5.91 Å². The summed E-state index contributed by atoms with van der Waals surface area (Å²) in [6.45, 7) is 5.68. The minimum atomic E-state index is 0.181. The Morgan fingerprint density at radius 3 is 2.80 bits per heavy atom. The van der Waals surface area contributed by atoms with Crippen molar-refractivity contribution < 1.29 is 9.32 Å². The number of benzene rings is 1. The molecule has 0 spiro atoms. The Hall–Kier alpha value is -2.97. The van der Waals surface area contributed by atoms with Gasteiger partial charge in [-0.15, -0.1) is 11.3 Å². The number of para-hydroxylation sites is 1. The summed E-state index contributed by atoms with van der Waals surface area (Å²) in [5.74, 6) is 1.44. The molecule has 8 heteroatoms. The molecule has 1 aliphatic rings. The minimum Gasteiger partial charge on any atom is -0.358 e. The number of H-pyrrole nitrogens is 1. The fourth-order valence-corrected chi connectivity index (χ4v) is 4.65. The maximum Gasteiger partial charge on any atom is 0.241 e. The van der Waals surface area contributed by atoms with E-state index in [1.54, 1.807) is 11.3 Å². The van der Waals surface area contributed by atoms with E-state index in [0.29, 0.717) is 37.8 Å². The van der Waals surface area contributed by atoms with E-state index in [0.717, 1.165) is 40.1 Å². The highest BCUT2D eigenvalue weighted by Gasteiger charge is 2.24. The number of carbonyl (C=O) groups excluding carboxylic acids is 1. The van der Waals surface area contributed by atoms with Gasteiger partial charge in [0.05, 0.1) is 17.8 Å². The molecule has 1 N–H and O–H groups in total. The second-order valence-corrected chi connectivity index (χ2v) is 8.54. The molecular weight excluding hydrogens is 398 g/mol. The van der Waals surface area contributed by atoms with Gasteiger partial charge in [-0.3, -0.25) is 9.69 Å². The van der Waals surface area contributed by atoms with Gasteiger partial charge in [0.1, 0.15) is 0 Å². The van der Waals surface area contributed by atoms with Crippen LogP contribution in [0.3, 0.4) is 0 Å². The molecule has 0 radical (unpaired) electrons. The first kappa shape index (κ1) is 19.0. The molecule has 30 heavy (non-hydrogen) atoms. The van der Waals surface area contributed by atoms with Crippen LogP contribution in [0.15, 0.2) is 46.3 Å². The molecule has 1 saturated heterocycles. The molecule has 1 aliphatic heterocycles. The van der Waals surface area contributed by atoms with Gasteiger partial charge < -0.3 is 14.4 Å². The van der Waals surface area contributed by atoms with Crippen LogP contribution in [-0.4, -0.2) is 57.0 Å². The highest BCUT2D eigenvalue weighted by Crippen LogP contribution is 2.24. The van der Waals surface area contributed by atoms with Gasteiger partial charge in [-0.2, -0.15) is 4.98 Å². The summed E-state index contributed by atoms with van der Waals surface area (Å²) in [6.07, 6.45) is 0.434. The standard InChI is InChI=1S/C22H23N5O2S/c1-15-17(16-5-2-3-6-18(16)23-15)13-21(28)27-10-8-26(9-11-27)14-20-24-22(25-29-20)19-7-4-12-30-19/h2-7,12,23H,8-11,13-14H2,1H3. The largest absolute Gasteiger partial charge is 0.358 e. The number of aromatic amines is 1. The van der Waals surface area contributed by atoms with Crippen LogP contribution in [0.4, 0.5) is 0 Å². The summed E-state index contributed by atoms with van der Waals surface area (Å²) in [4.78, 5) is 26.0. The van der Waals surface area contributed by atoms with Gasteiger partial charge in [-0.05, 0) is 30.0 Å². The number of thiophene rings is 1. The zero-order chi connectivity index (χ0) is 20.5. The molecule has 0 saturated carbocycles. The van der Waals surface area contributed by atoms with Crippen molar-refractivity contribution in [2.24, 2.45) is 0 Å². The number of aryl methyl sites for hydroxylation is 1. The van der Waals surface area contributed by atoms with Gasteiger partial charge in [0, 0.05) is 42.8 Å². The molecule has 0 bridgehead atoms. The van der Waals surface area contributed by atoms with E-state index in [1.807, 2.05) is 41.5 Å². The number of carbonyl (C=O) groups is 1. The average molecular weight is 422 g/mol. The second-order valence-electron chi connectivity index (χ2n) is 7.60. The Labute approximate surface area is 178 Å². The summed E-state index contributed by atoms with van der Waals surface area (Å²) in [6, 6.07) is 12.1. The first-order chi connectivity index (χ1) is 14.7. The van der Waals surface area contributed by atoms with Crippen LogP contribution >= 0.6 is 11.3 Å². The number of amides is 1. The van der Waals surface area contributed by atoms with Crippen molar-refractivity contribution in [1.82, 2.24) is 24.9 Å². The van der Waals surface area contributed by atoms with Crippen LogP contribution < -0.4 is 0 Å². The SMILES string of the molecule is Cc1[nH]c2ccccc2c1CC(=O)N1CCN(Cc2nc(-c3cccs3)no2)CC1. The van der Waals surface area contributed by atoms with Crippen LogP contribution in [0.1, 0.15) is 17.1 Å². The number of fused-ring (bicyclic) bond motifs is 1. The lowest BCUT2D eigenvalue weighted by Gasteiger charge is -2.34. The third-order valence-corrected chi connectivity index (χ3v) is 6.51. The molecule has 0 atom stereocenters. The van der Waals surface area contributed by atoms with E-state index in [4.69, 9.17) is 4.52 Å². The van der Waals surface area contributed by atoms with E-state index < -0.39 is 0 Å². The number of nitrogens with one attached hydrogen (secondary N) is 1. The van der Waals surface area contributed by atoms with Crippen molar-refractivity contribution in [2.75, 3.05) is 26.2 Å². The molecule has 4 heterocycles. The number of rotatable bonds is 5. The molecule has 4 aromatic rings. The normalized spacial score (nSPS) is 15.2. The quantitative estimate of drug-likeness (QED) is 0.534. The smallest absolute Gasteiger partial charge is 0.241 e. The molecule has 0 unspecified atom stereocenters. The topological polar surface area (TPSA) is 78.3 Å². The van der Waals surface area contributed by atoms with Crippen molar-refractivity contribution in [2.45, 2.75) is 19.9 Å². The summed E-state index contributed by atoms with van der Waals surface area (Å²) in [5.41, 5.74) is 3.26. The van der Waals surface area contributed by atoms with Crippen LogP contribution in [0.5, 0.6) is 0 Å². The van der Waals surface area contributed by atoms with Crippen LogP contribution in [0, 0.1) is 6.92 Å². The van der Waals surface area contributed by atoms with E-state index in [1.165, 1.54) is 0 Å². The molecular formula is C22H23N5O2S. The monoisotopic (exact) mass is 421 g/mol. The van der Waals surface area contributed by atoms with Crippen LogP contribution in [-0.2, 0) is 17.8 Å². The maximum absolute atomic E-state index is 12.9. The van der Waals surface area contributed by atoms with E-state index in [9.17, 15) is 4.79 Å². The summed E-state index contributed by atoms with van der Waals surface area (Å²) < 4.78 is 5.41. The fourth-order valence-electron chi connectivity index (χ4n) is 4.00. The molecule has 1 fully saturated rings. The Bertz CT molecular complexity index is 1160. The molecule has 3 aromatic heterocycles. The fraction of sp³-hybridized carbons (Fsp3) is 0.318. The van der Waals surface area contributed by atoms with Crippen LogP contribution in [0.25, 0.3) is 21.6 Å². The summed E-state index contributed by atoms with van der Waals surface area (Å²) >= 11 is 1.60. The molecule has 5 rings (SSSR count). The summed E-state index contributed by atoms with van der Waals surface area (Å²) in [5, 5.41) is 7.21. The predicted molar refractivity (Wildman–Crippen MR) is 116 cm³/mol. The van der Waals surface area contributed by atoms with Gasteiger partial charge in [-0.1, -0.05) is 29.4 Å². The second kappa shape index (κ2) is 8.04. The Morgan fingerprint density at radius 1 is 1.17 bits per heavy atom. The zero-order valence-electron chi connectivity index (χ0n) is 16.8. The summed E-state index contributed by atoms with van der Waals surface area (Å²) in [7, 11) is 0. The molecule has 0 aliphatic carbocycles. The zero-order valence-corrected chi connectivity index (χ0v) is 17.6. The Morgan fingerprint density at radius 2 is 2.00 bits per heavy atom. The van der Waals surface area contributed by atoms with Crippen molar-refractivity contribution in [3.63, 3.8) is 0 Å². The van der Waals surface area contributed by atoms with Gasteiger partial charge in [0.25, 0.3) is 0 Å². The average Bonchev–Trinajstić information content (AvgIpc) is 3.50. The molecule has 7 nitrogen and oxygen atoms in total. The molecule has 154 valence electrons. The first-order valence-corrected chi connectivity index (χ1v) is 11.0. The van der Waals surface area contributed by atoms with Gasteiger partial charge in [0.15, 0.2) is 0 Å². The number of hydrogen-bond donors (Lipinski definition) is 1. The van der Waals surface area contributed by atoms with Crippen molar-refractivity contribution in [3.8, 4) is 10.7 Å². The third kappa shape index (κ3) is 3.76. The Balaban J connectivity index is 1.18. The predicted octanol–water partition coefficient (Wildman–Crippen LogP) is 3.47. The highest BCUT2D eigenvalue weighted by molar-refractivity contribution is 7.13. The first-order valence-electron chi connectivity index (χ1n) is 10.1. The third-order valence-electron chi connectivity index (χ3n) is 5.65. The number of aromatic nitrogens is 3. The lowest BCUT2D eigenvalue weighted by molar-refractivity contribution is -0.132. The van der Waals surface area contributed by atoms with Crippen molar-refractivity contribution in [1.29, 1.82) is 0 Å². The maximum atomic E-state index is 12.9. The van der Waals surface area contributed by atoms with Crippen molar-refractivity contribution >= 4 is 28.1 Å². The van der Waals surface area contributed by atoms with Gasteiger partial charge in [0.2, 0.25) is 17.6 Å². The minimum absolute atomic E-state index is 0.181. The van der Waals surface area contributed by atoms with E-state index >= 15 is 0 Å². The van der Waals surface area contributed by atoms with Gasteiger partial charge >= 0.3 is 0 Å². The van der Waals surface area contributed by atoms with Gasteiger partial charge in [-0.25, -0.2) is 0 Å². The highest BCUT2D eigenvalue weighted by atomic mass is 32.1.